The number of hydrogen-bond acceptors (Lipinski definition) is 3. The molecular formula is C8H9BN4. The van der Waals surface area contributed by atoms with Crippen LogP contribution in [0.3, 0.4) is 0 Å². The molecule has 0 fully saturated rings. The number of hydrogen-bond donors (Lipinski definition) is 1. The Morgan fingerprint density at radius 1 is 1.31 bits per heavy atom. The van der Waals surface area contributed by atoms with Gasteiger partial charge in [0.25, 0.3) is 0 Å². The normalized spacial score (nSPS) is 9.92. The lowest BCUT2D eigenvalue weighted by molar-refractivity contribution is 0.881. The monoisotopic (exact) mass is 172 g/mol. The molecule has 0 aliphatic heterocycles. The van der Waals surface area contributed by atoms with Gasteiger partial charge in [-0.1, -0.05) is 36.6 Å². The van der Waals surface area contributed by atoms with Gasteiger partial charge in [0.15, 0.2) is 13.1 Å². The van der Waals surface area contributed by atoms with Gasteiger partial charge in [-0.15, -0.1) is 5.10 Å². The van der Waals surface area contributed by atoms with Gasteiger partial charge in [-0.3, -0.25) is 0 Å². The van der Waals surface area contributed by atoms with Crippen LogP contribution in [0.4, 0.5) is 0 Å². The minimum atomic E-state index is 0.734. The molecule has 1 N–H and O–H groups in total. The minimum absolute atomic E-state index is 0.734. The van der Waals surface area contributed by atoms with Gasteiger partial charge < -0.3 is 0 Å². The first kappa shape index (κ1) is 7.98. The van der Waals surface area contributed by atoms with E-state index in [-0.39, 0.29) is 0 Å². The average Bonchev–Trinajstić information content (AvgIpc) is 2.70. The van der Waals surface area contributed by atoms with Crippen LogP contribution in [-0.4, -0.2) is 27.9 Å². The van der Waals surface area contributed by atoms with Gasteiger partial charge in [0.05, 0.1) is 0 Å². The van der Waals surface area contributed by atoms with Crippen LogP contribution >= 0.6 is 0 Å². The second-order valence-corrected chi connectivity index (χ2v) is 2.76. The fourth-order valence-electron chi connectivity index (χ4n) is 1.33. The van der Waals surface area contributed by atoms with Crippen LogP contribution in [0.2, 0.25) is 6.82 Å². The summed E-state index contributed by atoms with van der Waals surface area (Å²) in [7, 11) is 0.983. The van der Waals surface area contributed by atoms with Gasteiger partial charge in [-0.05, 0) is 10.4 Å². The molecule has 0 bridgehead atoms. The topological polar surface area (TPSA) is 54.5 Å². The quantitative estimate of drug-likeness (QED) is 0.647. The van der Waals surface area contributed by atoms with Crippen molar-refractivity contribution in [1.29, 1.82) is 0 Å². The Morgan fingerprint density at radius 2 is 2.15 bits per heavy atom. The summed E-state index contributed by atoms with van der Waals surface area (Å²) >= 11 is 0. The molecule has 0 unspecified atom stereocenters. The minimum Gasteiger partial charge on any atom is -0.239 e. The van der Waals surface area contributed by atoms with Crippen molar-refractivity contribution in [2.24, 2.45) is 0 Å². The van der Waals surface area contributed by atoms with Crippen LogP contribution in [0.5, 0.6) is 0 Å². The van der Waals surface area contributed by atoms with Gasteiger partial charge in [-0.2, -0.15) is 0 Å². The van der Waals surface area contributed by atoms with E-state index in [0.29, 0.717) is 0 Å². The summed E-state index contributed by atoms with van der Waals surface area (Å²) in [6.45, 7) is 2.11. The van der Waals surface area contributed by atoms with Crippen molar-refractivity contribution in [2.45, 2.75) is 6.82 Å². The highest BCUT2D eigenvalue weighted by Gasteiger charge is 2.05. The third-order valence-electron chi connectivity index (χ3n) is 2.00. The number of benzene rings is 1. The predicted octanol–water partition coefficient (Wildman–Crippen LogP) is -0.0234. The Bertz CT molecular complexity index is 385. The fourth-order valence-corrected chi connectivity index (χ4v) is 1.33. The molecule has 13 heavy (non-hydrogen) atoms. The molecule has 0 amide bonds. The maximum atomic E-state index is 3.88. The van der Waals surface area contributed by atoms with E-state index >= 15 is 0 Å². The zero-order valence-electron chi connectivity index (χ0n) is 7.36. The van der Waals surface area contributed by atoms with E-state index in [1.54, 1.807) is 0 Å². The Balaban J connectivity index is 2.51. The Labute approximate surface area is 76.6 Å². The number of aromatic nitrogens is 4. The average molecular weight is 172 g/mol. The number of nitrogens with one attached hydrogen (secondary N) is 1. The highest BCUT2D eigenvalue weighted by molar-refractivity contribution is 6.54. The molecule has 4 nitrogen and oxygen atoms in total. The summed E-state index contributed by atoms with van der Waals surface area (Å²) in [5, 5.41) is 13.7. The molecule has 5 heteroatoms. The first-order valence-corrected chi connectivity index (χ1v) is 4.24. The number of H-pyrrole nitrogens is 1. The van der Waals surface area contributed by atoms with Crippen LogP contribution in [0, 0.1) is 0 Å². The Hall–Kier alpha value is -1.65. The largest absolute Gasteiger partial charge is 0.239 e. The molecule has 0 spiro atoms. The molecule has 1 heterocycles. The summed E-state index contributed by atoms with van der Waals surface area (Å²) in [5.74, 6) is 0.734. The fraction of sp³-hybridized carbons (Fsp3) is 0.125. The zero-order valence-corrected chi connectivity index (χ0v) is 7.36. The van der Waals surface area contributed by atoms with Gasteiger partial charge >= 0.3 is 0 Å². The molecule has 2 aromatic rings. The number of aromatic amines is 1. The van der Waals surface area contributed by atoms with Crippen molar-refractivity contribution in [2.75, 3.05) is 0 Å². The van der Waals surface area contributed by atoms with E-state index in [9.17, 15) is 0 Å². The second kappa shape index (κ2) is 3.39. The van der Waals surface area contributed by atoms with E-state index in [2.05, 4.69) is 33.5 Å². The lowest BCUT2D eigenvalue weighted by Gasteiger charge is -2.01. The zero-order chi connectivity index (χ0) is 9.10. The molecule has 1 aromatic carbocycles. The standard InChI is InChI=1S/C8H9BN4/c1-9-7-5-3-2-4-6(7)8-10-12-13-11-8/h2-5,9H,1H3,(H,10,11,12,13). The molecule has 0 radical (unpaired) electrons. The first-order chi connectivity index (χ1) is 6.42. The van der Waals surface area contributed by atoms with Crippen molar-refractivity contribution < 1.29 is 0 Å². The van der Waals surface area contributed by atoms with Gasteiger partial charge in [-0.25, -0.2) is 5.10 Å². The third kappa shape index (κ3) is 1.45. The van der Waals surface area contributed by atoms with Crippen molar-refractivity contribution in [3.05, 3.63) is 24.3 Å². The third-order valence-corrected chi connectivity index (χ3v) is 2.00. The maximum Gasteiger partial charge on any atom is 0.178 e. The summed E-state index contributed by atoms with van der Waals surface area (Å²) in [6.07, 6.45) is 0. The van der Waals surface area contributed by atoms with E-state index < -0.39 is 0 Å². The SMILES string of the molecule is CBc1ccccc1-c1nnn[nH]1. The molecule has 64 valence electrons. The Kier molecular flexibility index (Phi) is 2.08. The smallest absolute Gasteiger partial charge is 0.178 e. The van der Waals surface area contributed by atoms with Crippen LogP contribution in [0.25, 0.3) is 11.4 Å². The molecule has 0 atom stereocenters. The lowest BCUT2D eigenvalue weighted by atomic mass is 9.71. The molecule has 0 aliphatic rings. The van der Waals surface area contributed by atoms with Crippen molar-refractivity contribution in [3.63, 3.8) is 0 Å². The van der Waals surface area contributed by atoms with E-state index in [1.165, 1.54) is 5.46 Å². The van der Waals surface area contributed by atoms with Gasteiger partial charge in [0, 0.05) is 5.56 Å². The molecular weight excluding hydrogens is 163 g/mol. The Morgan fingerprint density at radius 3 is 2.85 bits per heavy atom. The van der Waals surface area contributed by atoms with E-state index in [0.717, 1.165) is 18.7 Å². The molecule has 1 aromatic heterocycles. The molecule has 2 rings (SSSR count). The van der Waals surface area contributed by atoms with Crippen LogP contribution in [-0.2, 0) is 0 Å². The predicted molar refractivity (Wildman–Crippen MR) is 52.3 cm³/mol. The van der Waals surface area contributed by atoms with E-state index in [4.69, 9.17) is 0 Å². The molecule has 0 aliphatic carbocycles. The summed E-state index contributed by atoms with van der Waals surface area (Å²) in [4.78, 5) is 0. The van der Waals surface area contributed by atoms with Crippen molar-refractivity contribution in [3.8, 4) is 11.4 Å². The van der Waals surface area contributed by atoms with Gasteiger partial charge in [0.2, 0.25) is 0 Å². The number of rotatable bonds is 2. The highest BCUT2D eigenvalue weighted by Crippen LogP contribution is 2.08. The maximum absolute atomic E-state index is 3.88. The van der Waals surface area contributed by atoms with Gasteiger partial charge in [0.1, 0.15) is 0 Å². The molecule has 0 saturated heterocycles. The van der Waals surface area contributed by atoms with Crippen LogP contribution in [0.15, 0.2) is 24.3 Å². The van der Waals surface area contributed by atoms with E-state index in [1.807, 2.05) is 18.2 Å². The van der Waals surface area contributed by atoms with Crippen LogP contribution < -0.4 is 5.46 Å². The summed E-state index contributed by atoms with van der Waals surface area (Å²) in [6, 6.07) is 8.10. The van der Waals surface area contributed by atoms with Crippen molar-refractivity contribution in [1.82, 2.24) is 20.6 Å². The number of tetrazole rings is 1. The summed E-state index contributed by atoms with van der Waals surface area (Å²) in [5.41, 5.74) is 2.33. The highest BCUT2D eigenvalue weighted by atomic mass is 15.5. The van der Waals surface area contributed by atoms with Crippen LogP contribution in [0.1, 0.15) is 0 Å². The first-order valence-electron chi connectivity index (χ1n) is 4.24. The molecule has 0 saturated carbocycles. The second-order valence-electron chi connectivity index (χ2n) is 2.76. The van der Waals surface area contributed by atoms with Crippen molar-refractivity contribution >= 4 is 12.7 Å². The number of nitrogens with zero attached hydrogens (tertiary/aromatic N) is 3. The lowest BCUT2D eigenvalue weighted by Crippen LogP contribution is -2.13. The summed E-state index contributed by atoms with van der Waals surface area (Å²) < 4.78 is 0.